The number of aromatic nitrogens is 1. The maximum atomic E-state index is 11.2. The Kier molecular flexibility index (Phi) is 2.87. The van der Waals surface area contributed by atoms with Crippen LogP contribution in [-0.2, 0) is 6.54 Å². The van der Waals surface area contributed by atoms with Gasteiger partial charge in [-0.05, 0) is 11.4 Å². The number of rotatable bonds is 3. The molecule has 0 saturated carbocycles. The lowest BCUT2D eigenvalue weighted by atomic mass is 10.3. The molecular formula is C11H9NO3S. The van der Waals surface area contributed by atoms with E-state index >= 15 is 0 Å². The predicted molar refractivity (Wildman–Crippen MR) is 61.1 cm³/mol. The van der Waals surface area contributed by atoms with Gasteiger partial charge in [-0.15, -0.1) is 11.3 Å². The molecule has 0 aliphatic rings. The molecule has 0 radical (unpaired) electrons. The third-order valence-corrected chi connectivity index (χ3v) is 2.99. The molecule has 0 aromatic carbocycles. The van der Waals surface area contributed by atoms with Gasteiger partial charge in [0, 0.05) is 23.3 Å². The summed E-state index contributed by atoms with van der Waals surface area (Å²) in [5, 5.41) is 10.8. The van der Waals surface area contributed by atoms with Gasteiger partial charge in [-0.1, -0.05) is 6.07 Å². The van der Waals surface area contributed by atoms with Crippen LogP contribution >= 0.6 is 11.3 Å². The van der Waals surface area contributed by atoms with E-state index in [4.69, 9.17) is 5.11 Å². The van der Waals surface area contributed by atoms with Crippen molar-refractivity contribution in [3.8, 4) is 0 Å². The van der Waals surface area contributed by atoms with Gasteiger partial charge in [0.05, 0.1) is 6.54 Å². The van der Waals surface area contributed by atoms with Crippen LogP contribution in [0.15, 0.2) is 40.8 Å². The van der Waals surface area contributed by atoms with Gasteiger partial charge in [-0.25, -0.2) is 4.79 Å². The zero-order chi connectivity index (χ0) is 11.5. The first-order valence-corrected chi connectivity index (χ1v) is 5.50. The van der Waals surface area contributed by atoms with Gasteiger partial charge >= 0.3 is 5.97 Å². The summed E-state index contributed by atoms with van der Waals surface area (Å²) in [6.07, 6.45) is 2.96. The number of carboxylic acid groups (broad SMARTS) is 1. The Balaban J connectivity index is 2.33. The molecule has 0 saturated heterocycles. The zero-order valence-corrected chi connectivity index (χ0v) is 9.11. The molecule has 0 bridgehead atoms. The molecule has 5 heteroatoms. The minimum Gasteiger partial charge on any atom is -0.477 e. The van der Waals surface area contributed by atoms with Gasteiger partial charge in [0.1, 0.15) is 5.56 Å². The van der Waals surface area contributed by atoms with Crippen LogP contribution in [0.4, 0.5) is 0 Å². The molecule has 0 atom stereocenters. The lowest BCUT2D eigenvalue weighted by molar-refractivity contribution is 0.0694. The van der Waals surface area contributed by atoms with Gasteiger partial charge in [0.15, 0.2) is 5.43 Å². The monoisotopic (exact) mass is 235 g/mol. The van der Waals surface area contributed by atoms with Crippen LogP contribution in [-0.4, -0.2) is 15.6 Å². The average molecular weight is 235 g/mol. The van der Waals surface area contributed by atoms with Crippen molar-refractivity contribution in [3.63, 3.8) is 0 Å². The molecule has 0 aliphatic carbocycles. The Morgan fingerprint density at radius 2 is 2.25 bits per heavy atom. The number of hydrogen-bond acceptors (Lipinski definition) is 3. The summed E-state index contributed by atoms with van der Waals surface area (Å²) < 4.78 is 1.69. The second-order valence-electron chi connectivity index (χ2n) is 3.28. The van der Waals surface area contributed by atoms with Crippen molar-refractivity contribution in [2.45, 2.75) is 6.54 Å². The molecule has 0 spiro atoms. The number of pyridine rings is 1. The van der Waals surface area contributed by atoms with Crippen molar-refractivity contribution in [2.24, 2.45) is 0 Å². The number of aromatic carboxylic acids is 1. The molecule has 1 N–H and O–H groups in total. The number of nitrogens with zero attached hydrogens (tertiary/aromatic N) is 1. The number of thiophene rings is 1. The SMILES string of the molecule is O=C(O)c1cn(Cc2cccs2)ccc1=O. The van der Waals surface area contributed by atoms with Crippen LogP contribution in [0.3, 0.4) is 0 Å². The van der Waals surface area contributed by atoms with Crippen molar-refractivity contribution >= 4 is 17.3 Å². The minimum absolute atomic E-state index is 0.195. The molecule has 16 heavy (non-hydrogen) atoms. The Morgan fingerprint density at radius 3 is 2.88 bits per heavy atom. The van der Waals surface area contributed by atoms with Crippen LogP contribution in [0.2, 0.25) is 0 Å². The van der Waals surface area contributed by atoms with Gasteiger partial charge in [-0.3, -0.25) is 4.79 Å². The van der Waals surface area contributed by atoms with E-state index in [1.807, 2.05) is 17.5 Å². The fraction of sp³-hybridized carbons (Fsp3) is 0.0909. The van der Waals surface area contributed by atoms with Crippen LogP contribution in [0.5, 0.6) is 0 Å². The highest BCUT2D eigenvalue weighted by Gasteiger charge is 2.08. The first kappa shape index (κ1) is 10.6. The smallest absolute Gasteiger partial charge is 0.341 e. The first-order valence-electron chi connectivity index (χ1n) is 4.62. The molecular weight excluding hydrogens is 226 g/mol. The summed E-state index contributed by atoms with van der Waals surface area (Å²) in [4.78, 5) is 23.1. The third-order valence-electron chi connectivity index (χ3n) is 2.13. The third kappa shape index (κ3) is 2.20. The molecule has 2 aromatic rings. The normalized spacial score (nSPS) is 10.2. The maximum absolute atomic E-state index is 11.2. The molecule has 82 valence electrons. The lowest BCUT2D eigenvalue weighted by Crippen LogP contribution is -2.16. The van der Waals surface area contributed by atoms with Gasteiger partial charge < -0.3 is 9.67 Å². The van der Waals surface area contributed by atoms with E-state index in [2.05, 4.69) is 0 Å². The van der Waals surface area contributed by atoms with E-state index in [1.54, 1.807) is 22.1 Å². The highest BCUT2D eigenvalue weighted by molar-refractivity contribution is 7.09. The number of carbonyl (C=O) groups is 1. The molecule has 2 aromatic heterocycles. The van der Waals surface area contributed by atoms with Gasteiger partial charge in [0.25, 0.3) is 0 Å². The minimum atomic E-state index is -1.19. The average Bonchev–Trinajstić information content (AvgIpc) is 2.73. The van der Waals surface area contributed by atoms with Crippen molar-refractivity contribution < 1.29 is 9.90 Å². The molecule has 0 unspecified atom stereocenters. The van der Waals surface area contributed by atoms with Gasteiger partial charge in [-0.2, -0.15) is 0 Å². The number of hydrogen-bond donors (Lipinski definition) is 1. The van der Waals surface area contributed by atoms with Crippen molar-refractivity contribution in [3.05, 3.63) is 56.6 Å². The van der Waals surface area contributed by atoms with Crippen LogP contribution in [0, 0.1) is 0 Å². The van der Waals surface area contributed by atoms with Crippen molar-refractivity contribution in [2.75, 3.05) is 0 Å². The van der Waals surface area contributed by atoms with E-state index in [0.29, 0.717) is 6.54 Å². The topological polar surface area (TPSA) is 59.3 Å². The summed E-state index contributed by atoms with van der Waals surface area (Å²) in [6, 6.07) is 5.17. The largest absolute Gasteiger partial charge is 0.477 e. The standard InChI is InChI=1S/C11H9NO3S/c13-10-3-4-12(7-9(10)11(14)15)6-8-2-1-5-16-8/h1-5,7H,6H2,(H,14,15). The van der Waals surface area contributed by atoms with Crippen LogP contribution in [0.25, 0.3) is 0 Å². The predicted octanol–water partition coefficient (Wildman–Crippen LogP) is 1.66. The Morgan fingerprint density at radius 1 is 1.44 bits per heavy atom. The van der Waals surface area contributed by atoms with E-state index < -0.39 is 11.4 Å². The number of carboxylic acids is 1. The lowest BCUT2D eigenvalue weighted by Gasteiger charge is -2.04. The quantitative estimate of drug-likeness (QED) is 0.880. The van der Waals surface area contributed by atoms with Crippen LogP contribution < -0.4 is 5.43 Å². The summed E-state index contributed by atoms with van der Waals surface area (Å²) in [5.41, 5.74) is -0.658. The molecule has 4 nitrogen and oxygen atoms in total. The van der Waals surface area contributed by atoms with Crippen LogP contribution in [0.1, 0.15) is 15.2 Å². The summed E-state index contributed by atoms with van der Waals surface area (Å²) in [5.74, 6) is -1.19. The molecule has 2 rings (SSSR count). The maximum Gasteiger partial charge on any atom is 0.341 e. The summed E-state index contributed by atoms with van der Waals surface area (Å²) in [6.45, 7) is 0.582. The van der Waals surface area contributed by atoms with E-state index in [0.717, 1.165) is 4.88 Å². The van der Waals surface area contributed by atoms with E-state index in [1.165, 1.54) is 12.3 Å². The van der Waals surface area contributed by atoms with Crippen molar-refractivity contribution in [1.29, 1.82) is 0 Å². The second kappa shape index (κ2) is 4.32. The molecule has 0 amide bonds. The molecule has 0 fully saturated rings. The van der Waals surface area contributed by atoms with Gasteiger partial charge in [0.2, 0.25) is 0 Å². The highest BCUT2D eigenvalue weighted by atomic mass is 32.1. The zero-order valence-electron chi connectivity index (χ0n) is 8.29. The molecule has 2 heterocycles. The summed E-state index contributed by atoms with van der Waals surface area (Å²) >= 11 is 1.59. The van der Waals surface area contributed by atoms with E-state index in [-0.39, 0.29) is 5.56 Å². The fourth-order valence-electron chi connectivity index (χ4n) is 1.37. The Bertz CT molecular complexity index is 557. The van der Waals surface area contributed by atoms with Crippen molar-refractivity contribution in [1.82, 2.24) is 4.57 Å². The Hall–Kier alpha value is -1.88. The second-order valence-corrected chi connectivity index (χ2v) is 4.31. The Labute approximate surface area is 95.4 Å². The fourth-order valence-corrected chi connectivity index (χ4v) is 2.08. The van der Waals surface area contributed by atoms with E-state index in [9.17, 15) is 9.59 Å². The molecule has 0 aliphatic heterocycles. The first-order chi connectivity index (χ1) is 7.66. The summed E-state index contributed by atoms with van der Waals surface area (Å²) in [7, 11) is 0. The highest BCUT2D eigenvalue weighted by Crippen LogP contribution is 2.10.